The molecular formula is C24H27N6O7P. The average Bonchev–Trinajstić information content (AvgIpc) is 3.63. The number of Topliss-reactive ketones (excluding diaryl/α,β-unsaturated/α-hetero) is 1. The highest BCUT2D eigenvalue weighted by atomic mass is 31.2. The van der Waals surface area contributed by atoms with Crippen LogP contribution in [0.4, 0.5) is 5.82 Å². The van der Waals surface area contributed by atoms with Gasteiger partial charge in [0, 0.05) is 6.54 Å². The number of carbonyl (C=O) groups excluding carboxylic acids is 1. The molecule has 38 heavy (non-hydrogen) atoms. The van der Waals surface area contributed by atoms with Crippen LogP contribution in [0.5, 0.6) is 5.75 Å². The molecule has 2 aliphatic heterocycles. The molecule has 5 rings (SSSR count). The van der Waals surface area contributed by atoms with Crippen LogP contribution in [0.15, 0.2) is 48.8 Å². The van der Waals surface area contributed by atoms with E-state index in [1.54, 1.807) is 42.5 Å². The number of hydrogen-bond acceptors (Lipinski definition) is 11. The molecule has 1 aromatic carbocycles. The zero-order chi connectivity index (χ0) is 27.1. The van der Waals surface area contributed by atoms with Crippen LogP contribution in [0.3, 0.4) is 0 Å². The van der Waals surface area contributed by atoms with E-state index < -0.39 is 44.3 Å². The Morgan fingerprint density at radius 2 is 2.08 bits per heavy atom. The largest absolute Gasteiger partial charge is 0.462 e. The number of aromatic nitrogens is 3. The minimum Gasteiger partial charge on any atom is -0.413 e. The molecule has 200 valence electrons. The van der Waals surface area contributed by atoms with Crippen molar-refractivity contribution in [2.24, 2.45) is 0 Å². The number of carbonyl (C=O) groups is 1. The van der Waals surface area contributed by atoms with Crippen LogP contribution in [0.1, 0.15) is 31.6 Å². The maximum Gasteiger partial charge on any atom is 0.462 e. The number of hydrogen-bond donors (Lipinski definition) is 3. The lowest BCUT2D eigenvalue weighted by molar-refractivity contribution is -0.120. The first-order valence-corrected chi connectivity index (χ1v) is 13.5. The number of ketones is 1. The van der Waals surface area contributed by atoms with Crippen LogP contribution in [0.2, 0.25) is 0 Å². The summed E-state index contributed by atoms with van der Waals surface area (Å²) in [7, 11) is -4.23. The van der Waals surface area contributed by atoms with Gasteiger partial charge in [0.05, 0.1) is 11.7 Å². The van der Waals surface area contributed by atoms with E-state index in [0.29, 0.717) is 24.1 Å². The first-order valence-electron chi connectivity index (χ1n) is 12.0. The lowest BCUT2D eigenvalue weighted by atomic mass is 9.96. The van der Waals surface area contributed by atoms with Crippen LogP contribution in [-0.4, -0.2) is 72.3 Å². The second kappa shape index (κ2) is 10.1. The van der Waals surface area contributed by atoms with Crippen LogP contribution < -0.4 is 10.3 Å². The third kappa shape index (κ3) is 4.45. The summed E-state index contributed by atoms with van der Waals surface area (Å²) in [5.74, 6) is 0.226. The fourth-order valence-corrected chi connectivity index (χ4v) is 6.93. The Morgan fingerprint density at radius 1 is 1.32 bits per heavy atom. The smallest absolute Gasteiger partial charge is 0.413 e. The van der Waals surface area contributed by atoms with Gasteiger partial charge in [0.25, 0.3) is 0 Å². The molecule has 3 aromatic rings. The predicted octanol–water partition coefficient (Wildman–Crippen LogP) is 1.62. The summed E-state index contributed by atoms with van der Waals surface area (Å²) < 4.78 is 34.5. The molecule has 0 radical (unpaired) electrons. The van der Waals surface area contributed by atoms with Gasteiger partial charge in [-0.1, -0.05) is 18.2 Å². The zero-order valence-corrected chi connectivity index (χ0v) is 21.3. The van der Waals surface area contributed by atoms with E-state index in [1.165, 1.54) is 22.4 Å². The Labute approximate surface area is 217 Å². The van der Waals surface area contributed by atoms with Gasteiger partial charge in [-0.15, -0.1) is 0 Å². The molecule has 2 aromatic heterocycles. The number of para-hydroxylation sites is 1. The quantitative estimate of drug-likeness (QED) is 0.350. The van der Waals surface area contributed by atoms with Crippen molar-refractivity contribution >= 4 is 24.9 Å². The molecule has 2 fully saturated rings. The maximum absolute atomic E-state index is 14.2. The van der Waals surface area contributed by atoms with Crippen LogP contribution >= 0.6 is 7.75 Å². The first-order chi connectivity index (χ1) is 18.2. The van der Waals surface area contributed by atoms with Gasteiger partial charge < -0.3 is 25.2 Å². The van der Waals surface area contributed by atoms with E-state index in [-0.39, 0.29) is 23.9 Å². The summed E-state index contributed by atoms with van der Waals surface area (Å²) in [6.07, 6.45) is -2.21. The monoisotopic (exact) mass is 542 g/mol. The molecule has 0 spiro atoms. The molecule has 13 nitrogen and oxygen atoms in total. The average molecular weight is 542 g/mol. The van der Waals surface area contributed by atoms with Gasteiger partial charge in [-0.05, 0) is 44.0 Å². The summed E-state index contributed by atoms with van der Waals surface area (Å²) in [6, 6.07) is 12.7. The van der Waals surface area contributed by atoms with Gasteiger partial charge >= 0.3 is 7.75 Å². The van der Waals surface area contributed by atoms with Crippen molar-refractivity contribution in [2.45, 2.75) is 49.7 Å². The van der Waals surface area contributed by atoms with Crippen molar-refractivity contribution in [3.05, 3.63) is 54.5 Å². The number of nitrogens with two attached hydrogens (primary N) is 1. The Kier molecular flexibility index (Phi) is 6.96. The highest BCUT2D eigenvalue weighted by molar-refractivity contribution is 7.51. The number of nitrogens with zero attached hydrogens (tertiary/aromatic N) is 5. The molecule has 0 amide bonds. The van der Waals surface area contributed by atoms with Crippen LogP contribution in [0.25, 0.3) is 5.52 Å². The van der Waals surface area contributed by atoms with Crippen LogP contribution in [-0.2, 0) is 18.6 Å². The van der Waals surface area contributed by atoms with Crippen molar-refractivity contribution in [3.8, 4) is 11.8 Å². The van der Waals surface area contributed by atoms with Gasteiger partial charge in [0.1, 0.15) is 54.4 Å². The summed E-state index contributed by atoms with van der Waals surface area (Å²) in [5.41, 5.74) is 4.54. The SMILES string of the molecule is CC(=O)[C@@H]1CCCN1P(=O)(OC[C@@]1(C#N)O[C@@H](c2ccc3c(N)ncnn23)[C@H](O)[C@@H]1O)Oc1ccccc1. The fraction of sp³-hybridized carbons (Fsp3) is 0.417. The molecule has 0 saturated carbocycles. The summed E-state index contributed by atoms with van der Waals surface area (Å²) in [4.78, 5) is 16.2. The molecule has 2 aliphatic rings. The number of fused-ring (bicyclic) bond motifs is 1. The number of aliphatic hydroxyl groups is 2. The van der Waals surface area contributed by atoms with Gasteiger partial charge in [0.2, 0.25) is 5.60 Å². The van der Waals surface area contributed by atoms with E-state index in [4.69, 9.17) is 19.5 Å². The Morgan fingerprint density at radius 3 is 2.79 bits per heavy atom. The summed E-state index contributed by atoms with van der Waals surface area (Å²) in [5, 5.41) is 36.1. The molecule has 0 bridgehead atoms. The van der Waals surface area contributed by atoms with E-state index in [9.17, 15) is 24.8 Å². The third-order valence-corrected chi connectivity index (χ3v) is 8.86. The van der Waals surface area contributed by atoms with Gasteiger partial charge in [0.15, 0.2) is 5.82 Å². The second-order valence-electron chi connectivity index (χ2n) is 9.25. The van der Waals surface area contributed by atoms with Crippen LogP contribution in [0, 0.1) is 11.3 Å². The standard InChI is InChI=1S/C24H27N6O7P/c1-15(31)17-8-5-11-29(17)38(34,37-16-6-3-2-4-7-16)35-13-24(12-25)22(33)20(32)21(36-24)18-9-10-19-23(26)27-14-28-30(18)19/h2-4,6-7,9-10,14,17,20-22,32-33H,5,8,11,13H2,1H3,(H2,26,27,28)/t17-,20-,21-,22-,24+,38?/m0/s1. The number of nitrogen functional groups attached to an aromatic ring is 1. The Bertz CT molecular complexity index is 1430. The van der Waals surface area contributed by atoms with E-state index in [2.05, 4.69) is 10.1 Å². The molecule has 1 unspecified atom stereocenters. The normalized spacial score (nSPS) is 29.2. The number of aliphatic hydroxyl groups excluding tert-OH is 2. The van der Waals surface area contributed by atoms with Crippen molar-refractivity contribution in [1.29, 1.82) is 5.26 Å². The molecular weight excluding hydrogens is 515 g/mol. The molecule has 4 N–H and O–H groups in total. The van der Waals surface area contributed by atoms with Crippen molar-refractivity contribution < 1.29 is 33.4 Å². The molecule has 6 atom stereocenters. The Balaban J connectivity index is 1.45. The summed E-state index contributed by atoms with van der Waals surface area (Å²) >= 11 is 0. The zero-order valence-electron chi connectivity index (χ0n) is 20.5. The minimum atomic E-state index is -4.23. The number of nitriles is 1. The van der Waals surface area contributed by atoms with Crippen molar-refractivity contribution in [1.82, 2.24) is 19.3 Å². The fourth-order valence-electron chi connectivity index (χ4n) is 4.88. The van der Waals surface area contributed by atoms with E-state index >= 15 is 0 Å². The number of rotatable bonds is 8. The highest BCUT2D eigenvalue weighted by Gasteiger charge is 2.58. The molecule has 14 heteroatoms. The third-order valence-electron chi connectivity index (χ3n) is 6.86. The topological polar surface area (TPSA) is 186 Å². The number of benzene rings is 1. The highest BCUT2D eigenvalue weighted by Crippen LogP contribution is 2.56. The van der Waals surface area contributed by atoms with E-state index in [1.807, 2.05) is 6.07 Å². The van der Waals surface area contributed by atoms with Gasteiger partial charge in [-0.2, -0.15) is 15.0 Å². The maximum atomic E-state index is 14.2. The second-order valence-corrected chi connectivity index (χ2v) is 11.1. The minimum absolute atomic E-state index is 0.193. The molecule has 2 saturated heterocycles. The molecule has 4 heterocycles. The predicted molar refractivity (Wildman–Crippen MR) is 133 cm³/mol. The molecule has 0 aliphatic carbocycles. The van der Waals surface area contributed by atoms with Gasteiger partial charge in [-0.25, -0.2) is 14.1 Å². The summed E-state index contributed by atoms with van der Waals surface area (Å²) in [6.45, 7) is 0.944. The number of ether oxygens (including phenoxy) is 1. The Hall–Kier alpha value is -3.37. The van der Waals surface area contributed by atoms with Crippen molar-refractivity contribution in [2.75, 3.05) is 18.9 Å². The van der Waals surface area contributed by atoms with E-state index in [0.717, 1.165) is 0 Å². The first kappa shape index (κ1) is 26.2. The van der Waals surface area contributed by atoms with Gasteiger partial charge in [-0.3, -0.25) is 9.32 Å². The lowest BCUT2D eigenvalue weighted by Crippen LogP contribution is -2.46. The lowest BCUT2D eigenvalue weighted by Gasteiger charge is -2.33. The van der Waals surface area contributed by atoms with Crippen molar-refractivity contribution in [3.63, 3.8) is 0 Å². The number of anilines is 1.